The Hall–Kier alpha value is -2.36. The second-order valence-corrected chi connectivity index (χ2v) is 4.65. The summed E-state index contributed by atoms with van der Waals surface area (Å²) in [5.74, 6) is 0.0524. The molecule has 0 aliphatic heterocycles. The molecule has 1 heterocycles. The smallest absolute Gasteiger partial charge is 0.222 e. The standard InChI is InChI=1S/C16H19N3O/c1-19(15-7-3-2-4-8-15)11-9-16(20)18-13-14-6-5-10-17-12-14/h2-8,10,12H,9,11,13H2,1H3,(H,18,20). The van der Waals surface area contributed by atoms with E-state index in [-0.39, 0.29) is 5.91 Å². The first-order chi connectivity index (χ1) is 9.75. The van der Waals surface area contributed by atoms with Crippen molar-refractivity contribution in [1.82, 2.24) is 10.3 Å². The second-order valence-electron chi connectivity index (χ2n) is 4.65. The quantitative estimate of drug-likeness (QED) is 0.874. The van der Waals surface area contributed by atoms with E-state index in [9.17, 15) is 4.79 Å². The number of carbonyl (C=O) groups excluding carboxylic acids is 1. The van der Waals surface area contributed by atoms with Crippen LogP contribution in [0.4, 0.5) is 5.69 Å². The van der Waals surface area contributed by atoms with Crippen LogP contribution in [-0.4, -0.2) is 24.5 Å². The van der Waals surface area contributed by atoms with E-state index in [0.29, 0.717) is 19.5 Å². The zero-order valence-corrected chi connectivity index (χ0v) is 11.6. The average Bonchev–Trinajstić information content (AvgIpc) is 2.52. The third kappa shape index (κ3) is 4.39. The average molecular weight is 269 g/mol. The molecule has 0 saturated heterocycles. The van der Waals surface area contributed by atoms with Crippen LogP contribution < -0.4 is 10.2 Å². The van der Waals surface area contributed by atoms with Crippen LogP contribution in [0.25, 0.3) is 0 Å². The van der Waals surface area contributed by atoms with Gasteiger partial charge in [-0.15, -0.1) is 0 Å². The van der Waals surface area contributed by atoms with E-state index >= 15 is 0 Å². The Bertz CT molecular complexity index is 528. The van der Waals surface area contributed by atoms with E-state index in [1.165, 1.54) is 0 Å². The fraction of sp³-hybridized carbons (Fsp3) is 0.250. The van der Waals surface area contributed by atoms with Gasteiger partial charge in [0.25, 0.3) is 0 Å². The Balaban J connectivity index is 1.73. The van der Waals surface area contributed by atoms with Crippen molar-refractivity contribution in [1.29, 1.82) is 0 Å². The van der Waals surface area contributed by atoms with Gasteiger partial charge in [-0.05, 0) is 23.8 Å². The molecule has 1 amide bonds. The van der Waals surface area contributed by atoms with E-state index in [2.05, 4.69) is 15.2 Å². The molecule has 2 aromatic rings. The largest absolute Gasteiger partial charge is 0.374 e. The molecular formula is C16H19N3O. The van der Waals surface area contributed by atoms with E-state index in [0.717, 1.165) is 11.3 Å². The summed E-state index contributed by atoms with van der Waals surface area (Å²) in [4.78, 5) is 17.9. The number of anilines is 1. The summed E-state index contributed by atoms with van der Waals surface area (Å²) in [5, 5.41) is 2.90. The van der Waals surface area contributed by atoms with Crippen LogP contribution in [0, 0.1) is 0 Å². The molecule has 0 aliphatic carbocycles. The summed E-state index contributed by atoms with van der Waals surface area (Å²) in [5.41, 5.74) is 2.13. The van der Waals surface area contributed by atoms with Crippen molar-refractivity contribution in [2.45, 2.75) is 13.0 Å². The highest BCUT2D eigenvalue weighted by Crippen LogP contribution is 2.10. The van der Waals surface area contributed by atoms with Crippen LogP contribution in [-0.2, 0) is 11.3 Å². The molecule has 0 atom stereocenters. The highest BCUT2D eigenvalue weighted by molar-refractivity contribution is 5.76. The fourth-order valence-electron chi connectivity index (χ4n) is 1.87. The van der Waals surface area contributed by atoms with Crippen LogP contribution in [0.5, 0.6) is 0 Å². The third-order valence-corrected chi connectivity index (χ3v) is 3.08. The fourth-order valence-corrected chi connectivity index (χ4v) is 1.87. The predicted octanol–water partition coefficient (Wildman–Crippen LogP) is 2.22. The Morgan fingerprint density at radius 2 is 2.00 bits per heavy atom. The molecule has 2 rings (SSSR count). The molecule has 0 unspecified atom stereocenters. The Kier molecular flexibility index (Phi) is 5.12. The topological polar surface area (TPSA) is 45.2 Å². The van der Waals surface area contributed by atoms with Crippen molar-refractivity contribution in [3.8, 4) is 0 Å². The number of pyridine rings is 1. The molecule has 0 spiro atoms. The lowest BCUT2D eigenvalue weighted by molar-refractivity contribution is -0.121. The molecule has 0 bridgehead atoms. The molecule has 1 aromatic carbocycles. The zero-order valence-electron chi connectivity index (χ0n) is 11.6. The van der Waals surface area contributed by atoms with Crippen molar-refractivity contribution in [3.63, 3.8) is 0 Å². The SMILES string of the molecule is CN(CCC(=O)NCc1cccnc1)c1ccccc1. The van der Waals surface area contributed by atoms with Gasteiger partial charge in [-0.2, -0.15) is 0 Å². The summed E-state index contributed by atoms with van der Waals surface area (Å²) in [6, 6.07) is 13.9. The molecule has 104 valence electrons. The van der Waals surface area contributed by atoms with Gasteiger partial charge in [0.1, 0.15) is 0 Å². The van der Waals surface area contributed by atoms with Crippen molar-refractivity contribution in [2.75, 3.05) is 18.5 Å². The van der Waals surface area contributed by atoms with Crippen LogP contribution in [0.1, 0.15) is 12.0 Å². The van der Waals surface area contributed by atoms with Gasteiger partial charge in [-0.25, -0.2) is 0 Å². The zero-order chi connectivity index (χ0) is 14.2. The lowest BCUT2D eigenvalue weighted by Crippen LogP contribution is -2.28. The molecule has 0 aliphatic rings. The number of hydrogen-bond acceptors (Lipinski definition) is 3. The van der Waals surface area contributed by atoms with Gasteiger partial charge in [-0.3, -0.25) is 9.78 Å². The molecule has 4 nitrogen and oxygen atoms in total. The molecule has 20 heavy (non-hydrogen) atoms. The Morgan fingerprint density at radius 3 is 2.70 bits per heavy atom. The highest BCUT2D eigenvalue weighted by Gasteiger charge is 2.05. The number of hydrogen-bond donors (Lipinski definition) is 1. The number of nitrogens with one attached hydrogen (secondary N) is 1. The predicted molar refractivity (Wildman–Crippen MR) is 80.4 cm³/mol. The van der Waals surface area contributed by atoms with Gasteiger partial charge in [-0.1, -0.05) is 24.3 Å². The van der Waals surface area contributed by atoms with Crippen molar-refractivity contribution >= 4 is 11.6 Å². The summed E-state index contributed by atoms with van der Waals surface area (Å²) >= 11 is 0. The Morgan fingerprint density at radius 1 is 1.20 bits per heavy atom. The number of para-hydroxylation sites is 1. The monoisotopic (exact) mass is 269 g/mol. The van der Waals surface area contributed by atoms with E-state index in [1.807, 2.05) is 49.5 Å². The molecule has 1 aromatic heterocycles. The van der Waals surface area contributed by atoms with Crippen LogP contribution in [0.2, 0.25) is 0 Å². The normalized spacial score (nSPS) is 10.1. The van der Waals surface area contributed by atoms with Gasteiger partial charge >= 0.3 is 0 Å². The maximum absolute atomic E-state index is 11.8. The molecule has 0 saturated carbocycles. The molecular weight excluding hydrogens is 250 g/mol. The number of carbonyl (C=O) groups is 1. The maximum Gasteiger partial charge on any atom is 0.222 e. The van der Waals surface area contributed by atoms with Gasteiger partial charge in [0.05, 0.1) is 0 Å². The number of aromatic nitrogens is 1. The summed E-state index contributed by atoms with van der Waals surface area (Å²) in [7, 11) is 1.99. The van der Waals surface area contributed by atoms with Crippen LogP contribution >= 0.6 is 0 Å². The first-order valence-electron chi connectivity index (χ1n) is 6.67. The Labute approximate surface area is 119 Å². The number of benzene rings is 1. The second kappa shape index (κ2) is 7.28. The van der Waals surface area contributed by atoms with Gasteiger partial charge < -0.3 is 10.2 Å². The number of amides is 1. The minimum absolute atomic E-state index is 0.0524. The van der Waals surface area contributed by atoms with Crippen LogP contribution in [0.15, 0.2) is 54.9 Å². The summed E-state index contributed by atoms with van der Waals surface area (Å²) in [6.07, 6.45) is 3.96. The molecule has 4 heteroatoms. The van der Waals surface area contributed by atoms with Crippen molar-refractivity contribution in [3.05, 3.63) is 60.4 Å². The van der Waals surface area contributed by atoms with Crippen molar-refractivity contribution in [2.24, 2.45) is 0 Å². The number of nitrogens with zero attached hydrogens (tertiary/aromatic N) is 2. The third-order valence-electron chi connectivity index (χ3n) is 3.08. The summed E-state index contributed by atoms with van der Waals surface area (Å²) in [6.45, 7) is 1.23. The van der Waals surface area contributed by atoms with E-state index in [1.54, 1.807) is 12.4 Å². The first-order valence-corrected chi connectivity index (χ1v) is 6.67. The first kappa shape index (κ1) is 14.1. The lowest BCUT2D eigenvalue weighted by Gasteiger charge is -2.18. The van der Waals surface area contributed by atoms with Crippen LogP contribution in [0.3, 0.4) is 0 Å². The van der Waals surface area contributed by atoms with E-state index in [4.69, 9.17) is 0 Å². The number of rotatable bonds is 6. The molecule has 0 radical (unpaired) electrons. The van der Waals surface area contributed by atoms with Crippen molar-refractivity contribution < 1.29 is 4.79 Å². The summed E-state index contributed by atoms with van der Waals surface area (Å²) < 4.78 is 0. The minimum Gasteiger partial charge on any atom is -0.374 e. The minimum atomic E-state index is 0.0524. The van der Waals surface area contributed by atoms with E-state index < -0.39 is 0 Å². The van der Waals surface area contributed by atoms with Gasteiger partial charge in [0, 0.05) is 44.6 Å². The maximum atomic E-state index is 11.8. The van der Waals surface area contributed by atoms with Gasteiger partial charge in [0.15, 0.2) is 0 Å². The molecule has 1 N–H and O–H groups in total. The molecule has 0 fully saturated rings. The highest BCUT2D eigenvalue weighted by atomic mass is 16.1. The lowest BCUT2D eigenvalue weighted by atomic mass is 10.2. The van der Waals surface area contributed by atoms with Gasteiger partial charge in [0.2, 0.25) is 5.91 Å².